The molecule has 0 amide bonds. The Balaban J connectivity index is 2.70. The molecule has 1 aliphatic rings. The van der Waals surface area contributed by atoms with E-state index in [9.17, 15) is 5.26 Å². The largest absolute Gasteiger partial charge is 0.196 e. The Morgan fingerprint density at radius 2 is 1.20 bits per heavy atom. The quantitative estimate of drug-likeness (QED) is 0.558. The normalized spacial score (nSPS) is 22.7. The Bertz CT molecular complexity index is 321. The van der Waals surface area contributed by atoms with Crippen molar-refractivity contribution in [2.24, 2.45) is 10.2 Å². The van der Waals surface area contributed by atoms with E-state index in [1.165, 1.54) is 44.9 Å². The molecule has 3 heteroatoms. The highest BCUT2D eigenvalue weighted by Gasteiger charge is 2.29. The maximum atomic E-state index is 9.64. The molecule has 0 aromatic rings. The Hall–Kier alpha value is -0.910. The first kappa shape index (κ1) is 17.1. The highest BCUT2D eigenvalue weighted by atomic mass is 15.2. The molecule has 1 saturated carbocycles. The fourth-order valence-corrected chi connectivity index (χ4v) is 2.68. The van der Waals surface area contributed by atoms with E-state index < -0.39 is 5.54 Å². The van der Waals surface area contributed by atoms with Crippen LogP contribution in [0.4, 0.5) is 0 Å². The predicted octanol–water partition coefficient (Wildman–Crippen LogP) is 5.80. The Morgan fingerprint density at radius 3 is 1.55 bits per heavy atom. The molecule has 0 radical (unpaired) electrons. The summed E-state index contributed by atoms with van der Waals surface area (Å²) in [6.45, 7) is 6.12. The van der Waals surface area contributed by atoms with E-state index in [1.54, 1.807) is 0 Å². The third-order valence-electron chi connectivity index (χ3n) is 3.93. The van der Waals surface area contributed by atoms with Crippen LogP contribution in [0, 0.1) is 11.3 Å². The van der Waals surface area contributed by atoms with Crippen molar-refractivity contribution in [2.75, 3.05) is 0 Å². The summed E-state index contributed by atoms with van der Waals surface area (Å²) in [4.78, 5) is 0. The average Bonchev–Trinajstić information content (AvgIpc) is 2.38. The Kier molecular flexibility index (Phi) is 7.19. The molecule has 0 spiro atoms. The number of azo groups is 1. The van der Waals surface area contributed by atoms with Crippen LogP contribution in [-0.4, -0.2) is 11.1 Å². The molecular formula is C17H31N3. The minimum absolute atomic E-state index is 0.187. The van der Waals surface area contributed by atoms with Gasteiger partial charge in [-0.1, -0.05) is 44.9 Å². The third kappa shape index (κ3) is 7.03. The molecule has 114 valence electrons. The van der Waals surface area contributed by atoms with E-state index in [0.29, 0.717) is 0 Å². The fourth-order valence-electron chi connectivity index (χ4n) is 2.68. The highest BCUT2D eigenvalue weighted by Crippen LogP contribution is 2.29. The molecule has 1 fully saturated rings. The monoisotopic (exact) mass is 277 g/mol. The summed E-state index contributed by atoms with van der Waals surface area (Å²) in [7, 11) is 0. The molecule has 3 nitrogen and oxygen atoms in total. The van der Waals surface area contributed by atoms with Crippen molar-refractivity contribution in [2.45, 2.75) is 102 Å². The van der Waals surface area contributed by atoms with Crippen molar-refractivity contribution in [3.8, 4) is 6.07 Å². The smallest absolute Gasteiger partial charge is 0.167 e. The van der Waals surface area contributed by atoms with E-state index in [-0.39, 0.29) is 5.54 Å². The van der Waals surface area contributed by atoms with Gasteiger partial charge in [0.25, 0.3) is 0 Å². The summed E-state index contributed by atoms with van der Waals surface area (Å²) in [5, 5.41) is 18.5. The molecule has 0 N–H and O–H groups in total. The maximum Gasteiger partial charge on any atom is 0.167 e. The molecule has 0 aromatic carbocycles. The lowest BCUT2D eigenvalue weighted by Gasteiger charge is -2.23. The minimum Gasteiger partial charge on any atom is -0.196 e. The molecule has 1 rings (SSSR count). The van der Waals surface area contributed by atoms with Crippen molar-refractivity contribution in [1.82, 2.24) is 0 Å². The van der Waals surface area contributed by atoms with Crippen LogP contribution in [0.15, 0.2) is 10.2 Å². The van der Waals surface area contributed by atoms with Crippen molar-refractivity contribution in [3.05, 3.63) is 0 Å². The summed E-state index contributed by atoms with van der Waals surface area (Å²) in [5.74, 6) is 0. The number of hydrogen-bond acceptors (Lipinski definition) is 3. The lowest BCUT2D eigenvalue weighted by molar-refractivity contribution is 0.372. The summed E-state index contributed by atoms with van der Waals surface area (Å²) in [5.41, 5.74) is -0.750. The van der Waals surface area contributed by atoms with Gasteiger partial charge in [0, 0.05) is 0 Å². The van der Waals surface area contributed by atoms with Gasteiger partial charge < -0.3 is 0 Å². The zero-order chi connectivity index (χ0) is 14.9. The summed E-state index contributed by atoms with van der Waals surface area (Å²) in [6.07, 6.45) is 13.1. The lowest BCUT2D eigenvalue weighted by Crippen LogP contribution is -2.25. The van der Waals surface area contributed by atoms with E-state index >= 15 is 0 Å². The molecule has 20 heavy (non-hydrogen) atoms. The van der Waals surface area contributed by atoms with E-state index in [4.69, 9.17) is 0 Å². The second-order valence-electron chi connectivity index (χ2n) is 7.20. The standard InChI is InChI=1S/C17H31N3/c1-16(2,3)19-20-17(15-18)13-11-9-7-5-4-6-8-10-12-14-17/h4-14H2,1-3H3/b20-19+. The maximum absolute atomic E-state index is 9.64. The van der Waals surface area contributed by atoms with Gasteiger partial charge in [-0.2, -0.15) is 15.5 Å². The number of rotatable bonds is 1. The van der Waals surface area contributed by atoms with Crippen LogP contribution in [0.25, 0.3) is 0 Å². The molecule has 0 unspecified atom stereocenters. The average molecular weight is 277 g/mol. The van der Waals surface area contributed by atoms with E-state index in [1.807, 2.05) is 20.8 Å². The van der Waals surface area contributed by atoms with Crippen LogP contribution in [-0.2, 0) is 0 Å². The number of nitriles is 1. The van der Waals surface area contributed by atoms with Crippen LogP contribution < -0.4 is 0 Å². The highest BCUT2D eigenvalue weighted by molar-refractivity contribution is 5.06. The lowest BCUT2D eigenvalue weighted by atomic mass is 9.87. The van der Waals surface area contributed by atoms with Gasteiger partial charge in [-0.25, -0.2) is 0 Å². The first-order valence-corrected chi connectivity index (χ1v) is 8.33. The van der Waals surface area contributed by atoms with Crippen molar-refractivity contribution >= 4 is 0 Å². The summed E-state index contributed by atoms with van der Waals surface area (Å²) in [6, 6.07) is 2.48. The second-order valence-corrected chi connectivity index (χ2v) is 7.20. The molecule has 0 aromatic heterocycles. The van der Waals surface area contributed by atoms with Crippen molar-refractivity contribution in [1.29, 1.82) is 5.26 Å². The van der Waals surface area contributed by atoms with E-state index in [0.717, 1.165) is 25.7 Å². The third-order valence-corrected chi connectivity index (χ3v) is 3.93. The minimum atomic E-state index is -0.563. The van der Waals surface area contributed by atoms with Gasteiger partial charge in [0.1, 0.15) is 0 Å². The van der Waals surface area contributed by atoms with E-state index in [2.05, 4.69) is 16.3 Å². The van der Waals surface area contributed by atoms with Gasteiger partial charge in [-0.15, -0.1) is 0 Å². The molecule has 0 atom stereocenters. The van der Waals surface area contributed by atoms with Gasteiger partial charge >= 0.3 is 0 Å². The zero-order valence-electron chi connectivity index (χ0n) is 13.6. The van der Waals surface area contributed by atoms with Gasteiger partial charge in [0.05, 0.1) is 11.6 Å². The molecule has 0 heterocycles. The van der Waals surface area contributed by atoms with Crippen molar-refractivity contribution in [3.63, 3.8) is 0 Å². The zero-order valence-corrected chi connectivity index (χ0v) is 13.6. The van der Waals surface area contributed by atoms with Crippen LogP contribution in [0.1, 0.15) is 91.4 Å². The summed E-state index contributed by atoms with van der Waals surface area (Å²) >= 11 is 0. The van der Waals surface area contributed by atoms with Crippen LogP contribution >= 0.6 is 0 Å². The SMILES string of the molecule is CC(C)(C)/N=N/C1(C#N)CCCCCCCCCCC1. The van der Waals surface area contributed by atoms with Crippen LogP contribution in [0.2, 0.25) is 0 Å². The first-order chi connectivity index (χ1) is 9.47. The topological polar surface area (TPSA) is 48.5 Å². The second kappa shape index (κ2) is 8.39. The van der Waals surface area contributed by atoms with Crippen molar-refractivity contribution < 1.29 is 0 Å². The molecule has 1 aliphatic carbocycles. The Labute approximate surface area is 124 Å². The fraction of sp³-hybridized carbons (Fsp3) is 0.941. The van der Waals surface area contributed by atoms with Crippen LogP contribution in [0.5, 0.6) is 0 Å². The number of hydrogen-bond donors (Lipinski definition) is 0. The van der Waals surface area contributed by atoms with Gasteiger partial charge in [-0.3, -0.25) is 0 Å². The Morgan fingerprint density at radius 1 is 0.800 bits per heavy atom. The summed E-state index contributed by atoms with van der Waals surface area (Å²) < 4.78 is 0. The molecule has 0 aliphatic heterocycles. The molecule has 0 saturated heterocycles. The predicted molar refractivity (Wildman–Crippen MR) is 83.7 cm³/mol. The van der Waals surface area contributed by atoms with Crippen LogP contribution in [0.3, 0.4) is 0 Å². The van der Waals surface area contributed by atoms with Gasteiger partial charge in [0.15, 0.2) is 5.54 Å². The van der Waals surface area contributed by atoms with Gasteiger partial charge in [-0.05, 0) is 46.5 Å². The molecule has 0 bridgehead atoms. The number of nitrogens with zero attached hydrogens (tertiary/aromatic N) is 3. The molecular weight excluding hydrogens is 246 g/mol. The first-order valence-electron chi connectivity index (χ1n) is 8.33. The van der Waals surface area contributed by atoms with Gasteiger partial charge in [0.2, 0.25) is 0 Å².